The van der Waals surface area contributed by atoms with E-state index in [1.807, 2.05) is 0 Å². The topological polar surface area (TPSA) is 60.7 Å². The van der Waals surface area contributed by atoms with Crippen molar-refractivity contribution in [3.05, 3.63) is 0 Å². The van der Waals surface area contributed by atoms with E-state index in [0.29, 0.717) is 0 Å². The van der Waals surface area contributed by atoms with Crippen LogP contribution in [0.3, 0.4) is 0 Å². The number of hydrogen-bond donors (Lipinski definition) is 3. The molecule has 0 saturated heterocycles. The van der Waals surface area contributed by atoms with E-state index in [9.17, 15) is 0 Å². The Kier molecular flexibility index (Phi) is 82.9. The third-order valence-electron chi connectivity index (χ3n) is 0. The van der Waals surface area contributed by atoms with Crippen LogP contribution < -0.4 is 80.9 Å². The molecular weight excluding hydrogens is 253 g/mol. The maximum atomic E-state index is 7.17. The van der Waals surface area contributed by atoms with Crippen molar-refractivity contribution in [1.29, 1.82) is 0 Å². The maximum absolute atomic E-state index is 7.17. The monoisotopic (exact) mass is 261 g/mol. The Morgan fingerprint density at radius 1 is 1.12 bits per heavy atom. The molecule has 35 valence electrons. The van der Waals surface area contributed by atoms with E-state index in [2.05, 4.69) is 0 Å². The van der Waals surface area contributed by atoms with Gasteiger partial charge in [0.25, 0.3) is 0 Å². The van der Waals surface area contributed by atoms with E-state index >= 15 is 0 Å². The molecule has 1 radical (unpaired) electrons. The van der Waals surface area contributed by atoms with Gasteiger partial charge in [-0.1, -0.05) is 0 Å². The summed E-state index contributed by atoms with van der Waals surface area (Å²) in [6.45, 7) is 0. The van der Waals surface area contributed by atoms with Crippen molar-refractivity contribution in [2.75, 3.05) is 0 Å². The molecule has 0 heterocycles. The Labute approximate surface area is 175 Å². The minimum atomic E-state index is -2.17. The summed E-state index contributed by atoms with van der Waals surface area (Å²) in [6.07, 6.45) is 0. The van der Waals surface area contributed by atoms with E-state index in [4.69, 9.17) is 15.1 Å². The van der Waals surface area contributed by atoms with Gasteiger partial charge in [-0.05, 0) is 0 Å². The molecule has 3 nitrogen and oxygen atoms in total. The van der Waals surface area contributed by atoms with Crippen LogP contribution in [0.25, 0.3) is 0 Å². The third kappa shape index (κ3) is 44.3. The zero-order valence-electron chi connectivity index (χ0n) is 9.20. The first-order valence-electron chi connectivity index (χ1n) is 0.775. The molecule has 0 amide bonds. The van der Waals surface area contributed by atoms with Gasteiger partial charge in [0.1, 0.15) is 0 Å². The van der Waals surface area contributed by atoms with Gasteiger partial charge in [-0.25, -0.2) is 0 Å². The summed E-state index contributed by atoms with van der Waals surface area (Å²) in [4.78, 5) is 0. The predicted molar refractivity (Wildman–Crippen MR) is 22.6 cm³/mol. The van der Waals surface area contributed by atoms with Crippen molar-refractivity contribution in [1.82, 2.24) is 0 Å². The van der Waals surface area contributed by atoms with Crippen LogP contribution in [0.5, 0.6) is 0 Å². The van der Waals surface area contributed by atoms with Crippen molar-refractivity contribution < 1.29 is 128 Å². The SMILES string of the molecule is OB(O)O.[H-].[H-].[H-].[H-].[K+].[Na+].[Sc].[Sr+2]. The second kappa shape index (κ2) is 22.7. The first-order chi connectivity index (χ1) is 1.73. The molecule has 0 saturated carbocycles. The Hall–Kier alpha value is 4.93. The fourth-order valence-electron chi connectivity index (χ4n) is 0. The van der Waals surface area contributed by atoms with Crippen LogP contribution in [0.4, 0.5) is 0 Å². The molecule has 0 rings (SSSR count). The zero-order chi connectivity index (χ0) is 3.58. The molecule has 8 heteroatoms. The van der Waals surface area contributed by atoms with E-state index in [1.165, 1.54) is 0 Å². The van der Waals surface area contributed by atoms with Gasteiger partial charge >= 0.3 is 134 Å². The second-order valence-electron chi connectivity index (χ2n) is 0.346. The van der Waals surface area contributed by atoms with E-state index in [0.717, 1.165) is 0 Å². The summed E-state index contributed by atoms with van der Waals surface area (Å²) in [6, 6.07) is 0. The molecule has 0 bridgehead atoms. The summed E-state index contributed by atoms with van der Waals surface area (Å²) in [5.41, 5.74) is 0. The summed E-state index contributed by atoms with van der Waals surface area (Å²) < 4.78 is 0. The van der Waals surface area contributed by atoms with Crippen molar-refractivity contribution in [3.8, 4) is 0 Å². The van der Waals surface area contributed by atoms with Crippen molar-refractivity contribution in [2.45, 2.75) is 0 Å². The molecule has 0 aliphatic heterocycles. The molecule has 0 spiro atoms. The first-order valence-corrected chi connectivity index (χ1v) is 0.775. The molecule has 0 fully saturated rings. The van der Waals surface area contributed by atoms with Crippen LogP contribution in [0.2, 0.25) is 0 Å². The maximum Gasteiger partial charge on any atom is 2.00 e. The Bertz CT molecular complexity index is 35.0. The number of hydrogen-bond acceptors (Lipinski definition) is 3. The summed E-state index contributed by atoms with van der Waals surface area (Å²) >= 11 is 0. The standard InChI is InChI=1S/BH3O3.K.Na.Sc.Sr.4H/c2-1(3)4;;;;;;;;/h2-4H;;;;;;;;/q;2*+1;;+2;4*-1. The Morgan fingerprint density at radius 2 is 1.12 bits per heavy atom. The normalized spacial score (nSPS) is 3.38. The quantitative estimate of drug-likeness (QED) is 0.379. The Balaban J connectivity index is -0.00000000161. The average molecular weight is 261 g/mol. The number of rotatable bonds is 0. The third-order valence-corrected chi connectivity index (χ3v) is 0. The van der Waals surface area contributed by atoms with Crippen LogP contribution >= 0.6 is 0 Å². The van der Waals surface area contributed by atoms with Gasteiger partial charge < -0.3 is 20.8 Å². The van der Waals surface area contributed by atoms with Crippen LogP contribution in [-0.4, -0.2) is 67.9 Å². The van der Waals surface area contributed by atoms with Crippen molar-refractivity contribution in [2.24, 2.45) is 0 Å². The van der Waals surface area contributed by atoms with Gasteiger partial charge in [-0.15, -0.1) is 0 Å². The molecule has 0 aromatic carbocycles. The first kappa shape index (κ1) is 29.3. The zero-order valence-corrected chi connectivity index (χ0v) is 15.6. The molecule has 0 aromatic heterocycles. The minimum Gasteiger partial charge on any atom is -1.00 e. The molecular formula is H7BKNaO3ScSr. The molecule has 0 aliphatic rings. The largest absolute Gasteiger partial charge is 2.00 e. The summed E-state index contributed by atoms with van der Waals surface area (Å²) in [7, 11) is -2.17. The van der Waals surface area contributed by atoms with Gasteiger partial charge in [0.05, 0.1) is 0 Å². The van der Waals surface area contributed by atoms with Crippen molar-refractivity contribution in [3.63, 3.8) is 0 Å². The van der Waals surface area contributed by atoms with Gasteiger partial charge in [-0.3, -0.25) is 0 Å². The van der Waals surface area contributed by atoms with Crippen LogP contribution in [0, 0.1) is 0 Å². The average Bonchev–Trinajstić information content (AvgIpc) is 0.811. The fourth-order valence-corrected chi connectivity index (χ4v) is 0. The molecule has 3 N–H and O–H groups in total. The smallest absolute Gasteiger partial charge is 1.00 e. The molecule has 0 unspecified atom stereocenters. The fraction of sp³-hybridized carbons (Fsp3) is 0. The summed E-state index contributed by atoms with van der Waals surface area (Å²) in [5, 5.41) is 21.5. The van der Waals surface area contributed by atoms with E-state index in [-0.39, 0.29) is 158 Å². The van der Waals surface area contributed by atoms with Gasteiger partial charge in [0, 0.05) is 25.8 Å². The molecule has 0 aliphatic carbocycles. The molecule has 0 aromatic rings. The van der Waals surface area contributed by atoms with Crippen LogP contribution in [-0.2, 0) is 25.8 Å². The van der Waals surface area contributed by atoms with Crippen LogP contribution in [0.1, 0.15) is 5.71 Å². The molecule has 8 heavy (non-hydrogen) atoms. The second-order valence-corrected chi connectivity index (χ2v) is 0.346. The van der Waals surface area contributed by atoms with Gasteiger partial charge in [0.15, 0.2) is 0 Å². The minimum absolute atomic E-state index is 0. The Morgan fingerprint density at radius 3 is 1.12 bits per heavy atom. The molecule has 0 atom stereocenters. The van der Waals surface area contributed by atoms with Crippen LogP contribution in [0.15, 0.2) is 0 Å². The predicted octanol–water partition coefficient (Wildman–Crippen LogP) is -7.98. The van der Waals surface area contributed by atoms with E-state index < -0.39 is 7.32 Å². The van der Waals surface area contributed by atoms with Gasteiger partial charge in [-0.2, -0.15) is 0 Å². The van der Waals surface area contributed by atoms with E-state index in [1.54, 1.807) is 0 Å². The summed E-state index contributed by atoms with van der Waals surface area (Å²) in [5.74, 6) is 0. The van der Waals surface area contributed by atoms with Gasteiger partial charge in [0.2, 0.25) is 0 Å². The van der Waals surface area contributed by atoms with Crippen molar-refractivity contribution >= 4 is 52.8 Å².